The number of ketones is 1. The second kappa shape index (κ2) is 4.64. The van der Waals surface area contributed by atoms with E-state index in [1.165, 1.54) is 6.92 Å². The van der Waals surface area contributed by atoms with Crippen LogP contribution in [0, 0.1) is 0 Å². The number of carbonyl (C=O) groups is 1. The minimum Gasteiger partial charge on any atom is -0.342 e. The molecule has 2 aromatic heterocycles. The van der Waals surface area contributed by atoms with E-state index in [4.69, 9.17) is 4.52 Å². The van der Waals surface area contributed by atoms with Gasteiger partial charge in [0.15, 0.2) is 5.82 Å². The molecule has 1 aromatic carbocycles. The Bertz CT molecular complexity index is 696. The number of imidazole rings is 1. The third-order valence-electron chi connectivity index (χ3n) is 2.67. The first kappa shape index (κ1) is 11.6. The molecule has 0 saturated carbocycles. The highest BCUT2D eigenvalue weighted by atomic mass is 16.5. The van der Waals surface area contributed by atoms with Gasteiger partial charge in [-0.2, -0.15) is 4.98 Å². The monoisotopic (exact) mass is 256 g/mol. The van der Waals surface area contributed by atoms with Crippen molar-refractivity contribution >= 4 is 16.8 Å². The number of nitrogens with one attached hydrogen (secondary N) is 1. The van der Waals surface area contributed by atoms with E-state index in [1.54, 1.807) is 0 Å². The molecule has 0 fully saturated rings. The Morgan fingerprint density at radius 3 is 2.95 bits per heavy atom. The van der Waals surface area contributed by atoms with Crippen LogP contribution >= 0.6 is 0 Å². The molecule has 0 aliphatic rings. The number of carbonyl (C=O) groups excluding carboxylic acids is 1. The van der Waals surface area contributed by atoms with Crippen LogP contribution in [0.25, 0.3) is 11.0 Å². The van der Waals surface area contributed by atoms with E-state index in [1.807, 2.05) is 24.3 Å². The molecule has 0 unspecified atom stereocenters. The molecule has 0 atom stereocenters. The van der Waals surface area contributed by atoms with Gasteiger partial charge in [-0.15, -0.1) is 0 Å². The number of nitrogens with zero attached hydrogens (tertiary/aromatic N) is 3. The predicted molar refractivity (Wildman–Crippen MR) is 67.6 cm³/mol. The molecule has 2 heterocycles. The van der Waals surface area contributed by atoms with Crippen molar-refractivity contribution in [2.75, 3.05) is 0 Å². The number of rotatable bonds is 4. The second-order valence-electron chi connectivity index (χ2n) is 4.36. The average molecular weight is 256 g/mol. The molecule has 19 heavy (non-hydrogen) atoms. The third-order valence-corrected chi connectivity index (χ3v) is 2.67. The largest absolute Gasteiger partial charge is 0.342 e. The quantitative estimate of drug-likeness (QED) is 0.767. The minimum atomic E-state index is -0.000984. The molecule has 3 aromatic rings. The van der Waals surface area contributed by atoms with Crippen molar-refractivity contribution < 1.29 is 9.32 Å². The lowest BCUT2D eigenvalue weighted by molar-refractivity contribution is -0.116. The van der Waals surface area contributed by atoms with Crippen molar-refractivity contribution in [3.05, 3.63) is 41.8 Å². The molecule has 0 bridgehead atoms. The average Bonchev–Trinajstić information content (AvgIpc) is 2.94. The minimum absolute atomic E-state index is 0.000984. The van der Waals surface area contributed by atoms with E-state index in [0.717, 1.165) is 16.9 Å². The zero-order valence-corrected chi connectivity index (χ0v) is 10.4. The predicted octanol–water partition coefficient (Wildman–Crippen LogP) is 1.67. The summed E-state index contributed by atoms with van der Waals surface area (Å²) >= 11 is 0. The molecule has 3 rings (SSSR count). The summed E-state index contributed by atoms with van der Waals surface area (Å²) in [4.78, 5) is 22.7. The van der Waals surface area contributed by atoms with Crippen molar-refractivity contribution in [2.24, 2.45) is 0 Å². The van der Waals surface area contributed by atoms with E-state index >= 15 is 0 Å². The molecule has 0 aliphatic carbocycles. The highest BCUT2D eigenvalue weighted by molar-refractivity contribution is 5.77. The first-order valence-electron chi connectivity index (χ1n) is 5.95. The summed E-state index contributed by atoms with van der Waals surface area (Å²) in [5.74, 6) is 1.64. The fourth-order valence-electron chi connectivity index (χ4n) is 1.89. The number of aromatic amines is 1. The fraction of sp³-hybridized carbons (Fsp3) is 0.231. The maximum absolute atomic E-state index is 11.0. The third kappa shape index (κ3) is 2.52. The number of H-pyrrole nitrogens is 1. The molecule has 6 heteroatoms. The SMILES string of the molecule is CC(=O)Cc1nc(Cc2nc3ccccc3[nH]2)no1. The molecule has 6 nitrogen and oxygen atoms in total. The zero-order chi connectivity index (χ0) is 13.2. The molecule has 0 radical (unpaired) electrons. The molecular formula is C13H12N4O2. The lowest BCUT2D eigenvalue weighted by Gasteiger charge is -1.88. The van der Waals surface area contributed by atoms with E-state index < -0.39 is 0 Å². The van der Waals surface area contributed by atoms with Gasteiger partial charge in [0.05, 0.1) is 23.9 Å². The van der Waals surface area contributed by atoms with Crippen LogP contribution in [0.3, 0.4) is 0 Å². The highest BCUT2D eigenvalue weighted by Crippen LogP contribution is 2.12. The number of hydrogen-bond acceptors (Lipinski definition) is 5. The van der Waals surface area contributed by atoms with Crippen LogP contribution in [0.15, 0.2) is 28.8 Å². The summed E-state index contributed by atoms with van der Waals surface area (Å²) in [7, 11) is 0. The van der Waals surface area contributed by atoms with E-state index in [2.05, 4.69) is 20.1 Å². The Labute approximate surface area is 108 Å². The Morgan fingerprint density at radius 2 is 2.16 bits per heavy atom. The summed E-state index contributed by atoms with van der Waals surface area (Å²) in [5, 5.41) is 3.84. The molecule has 1 N–H and O–H groups in total. The second-order valence-corrected chi connectivity index (χ2v) is 4.36. The maximum atomic E-state index is 11.0. The summed E-state index contributed by atoms with van der Waals surface area (Å²) in [6, 6.07) is 7.78. The Hall–Kier alpha value is -2.50. The molecule has 0 spiro atoms. The van der Waals surface area contributed by atoms with E-state index in [-0.39, 0.29) is 12.2 Å². The molecular weight excluding hydrogens is 244 g/mol. The van der Waals surface area contributed by atoms with Crippen LogP contribution in [0.4, 0.5) is 0 Å². The van der Waals surface area contributed by atoms with Crippen molar-refractivity contribution in [1.82, 2.24) is 20.1 Å². The van der Waals surface area contributed by atoms with Gasteiger partial charge in [-0.3, -0.25) is 4.79 Å². The van der Waals surface area contributed by atoms with Crippen LogP contribution in [0.1, 0.15) is 24.5 Å². The van der Waals surface area contributed by atoms with Gasteiger partial charge >= 0.3 is 0 Å². The van der Waals surface area contributed by atoms with Crippen molar-refractivity contribution in [1.29, 1.82) is 0 Å². The first-order chi connectivity index (χ1) is 9.20. The summed E-state index contributed by atoms with van der Waals surface area (Å²) < 4.78 is 5.00. The Balaban J connectivity index is 1.80. The number of benzene rings is 1. The molecule has 0 amide bonds. The highest BCUT2D eigenvalue weighted by Gasteiger charge is 2.11. The molecule has 0 saturated heterocycles. The topological polar surface area (TPSA) is 84.7 Å². The van der Waals surface area contributed by atoms with Crippen LogP contribution < -0.4 is 0 Å². The van der Waals surface area contributed by atoms with Crippen molar-refractivity contribution in [3.8, 4) is 0 Å². The van der Waals surface area contributed by atoms with E-state index in [9.17, 15) is 4.79 Å². The lowest BCUT2D eigenvalue weighted by Crippen LogP contribution is -1.97. The summed E-state index contributed by atoms with van der Waals surface area (Å²) in [6.07, 6.45) is 0.628. The van der Waals surface area contributed by atoms with Gasteiger partial charge in [0, 0.05) is 0 Å². The Kier molecular flexibility index (Phi) is 2.83. The van der Waals surface area contributed by atoms with Crippen molar-refractivity contribution in [3.63, 3.8) is 0 Å². The van der Waals surface area contributed by atoms with Gasteiger partial charge in [-0.05, 0) is 19.1 Å². The van der Waals surface area contributed by atoms with Gasteiger partial charge in [-0.1, -0.05) is 17.3 Å². The smallest absolute Gasteiger partial charge is 0.234 e. The van der Waals surface area contributed by atoms with Gasteiger partial charge < -0.3 is 9.51 Å². The Morgan fingerprint density at radius 1 is 1.32 bits per heavy atom. The number of Topliss-reactive ketones (excluding diaryl/α,β-unsaturated/α-hetero) is 1. The summed E-state index contributed by atoms with van der Waals surface area (Å²) in [5.41, 5.74) is 1.88. The number of para-hydroxylation sites is 2. The molecule has 96 valence electrons. The number of hydrogen-bond donors (Lipinski definition) is 1. The van der Waals surface area contributed by atoms with Gasteiger partial charge in [0.25, 0.3) is 0 Å². The first-order valence-corrected chi connectivity index (χ1v) is 5.95. The van der Waals surface area contributed by atoms with Crippen LogP contribution in [0.5, 0.6) is 0 Å². The van der Waals surface area contributed by atoms with Crippen LogP contribution in [-0.4, -0.2) is 25.9 Å². The maximum Gasteiger partial charge on any atom is 0.234 e. The zero-order valence-electron chi connectivity index (χ0n) is 10.4. The van der Waals surface area contributed by atoms with Gasteiger partial charge in [-0.25, -0.2) is 4.98 Å². The van der Waals surface area contributed by atoms with Crippen LogP contribution in [-0.2, 0) is 17.6 Å². The van der Waals surface area contributed by atoms with Crippen LogP contribution in [0.2, 0.25) is 0 Å². The van der Waals surface area contributed by atoms with Gasteiger partial charge in [0.2, 0.25) is 5.89 Å². The molecule has 0 aliphatic heterocycles. The normalized spacial score (nSPS) is 11.0. The lowest BCUT2D eigenvalue weighted by atomic mass is 10.3. The standard InChI is InChI=1S/C13H12N4O2/c1-8(18)6-13-16-12(17-19-13)7-11-14-9-4-2-3-5-10(9)15-11/h2-5H,6-7H2,1H3,(H,14,15). The van der Waals surface area contributed by atoms with Gasteiger partial charge in [0.1, 0.15) is 11.6 Å². The number of aromatic nitrogens is 4. The van der Waals surface area contributed by atoms with E-state index in [0.29, 0.717) is 18.1 Å². The summed E-state index contributed by atoms with van der Waals surface area (Å²) in [6.45, 7) is 1.49. The van der Waals surface area contributed by atoms with Crippen molar-refractivity contribution in [2.45, 2.75) is 19.8 Å². The fourth-order valence-corrected chi connectivity index (χ4v) is 1.89. The number of fused-ring (bicyclic) bond motifs is 1.